The van der Waals surface area contributed by atoms with Gasteiger partial charge in [0, 0.05) is 47.5 Å². The van der Waals surface area contributed by atoms with Crippen LogP contribution < -0.4 is 0 Å². The number of nitrogens with zero attached hydrogens (tertiary/aromatic N) is 6. The molecule has 6 heteroatoms. The molecular weight excluding hydrogens is 492 g/mol. The molecule has 0 spiro atoms. The zero-order chi connectivity index (χ0) is 26.6. The standard InChI is InChI=1S/C34H24N6/c1-38-30-13-5-3-11-28(30)37-34(38)24-14-16-26-25-9-2-4-12-29(25)40(32(26)22-24)33-21-23(27-10-6-7-18-35-27)15-17-31(33)39-20-8-19-36-39/h2-22H,1H3. The number of aryl methyl sites for hydroxylation is 1. The number of imidazole rings is 1. The molecule has 190 valence electrons. The van der Waals surface area contributed by atoms with Gasteiger partial charge in [-0.3, -0.25) is 4.98 Å². The minimum atomic E-state index is 0.928. The van der Waals surface area contributed by atoms with Crippen molar-refractivity contribution in [2.45, 2.75) is 0 Å². The van der Waals surface area contributed by atoms with Gasteiger partial charge < -0.3 is 9.13 Å². The second-order valence-electron chi connectivity index (χ2n) is 9.94. The van der Waals surface area contributed by atoms with Crippen molar-refractivity contribution in [1.29, 1.82) is 0 Å². The van der Waals surface area contributed by atoms with Gasteiger partial charge in [-0.05, 0) is 54.6 Å². The first-order chi connectivity index (χ1) is 19.8. The number of para-hydroxylation sites is 3. The number of pyridine rings is 1. The summed E-state index contributed by atoms with van der Waals surface area (Å²) in [6.07, 6.45) is 5.63. The van der Waals surface area contributed by atoms with Crippen LogP contribution in [-0.2, 0) is 7.05 Å². The van der Waals surface area contributed by atoms with Gasteiger partial charge in [0.1, 0.15) is 5.82 Å². The smallest absolute Gasteiger partial charge is 0.140 e. The zero-order valence-corrected chi connectivity index (χ0v) is 21.8. The molecule has 0 bridgehead atoms. The van der Waals surface area contributed by atoms with Crippen LogP contribution in [0.15, 0.2) is 128 Å². The van der Waals surface area contributed by atoms with Gasteiger partial charge in [0.25, 0.3) is 0 Å². The molecule has 0 atom stereocenters. The average Bonchev–Trinajstić information content (AvgIpc) is 3.74. The number of aromatic nitrogens is 6. The van der Waals surface area contributed by atoms with Crippen LogP contribution in [-0.4, -0.2) is 28.9 Å². The minimum absolute atomic E-state index is 0.928. The maximum absolute atomic E-state index is 4.99. The first-order valence-corrected chi connectivity index (χ1v) is 13.3. The van der Waals surface area contributed by atoms with E-state index >= 15 is 0 Å². The Morgan fingerprint density at radius 1 is 0.600 bits per heavy atom. The Morgan fingerprint density at radius 2 is 1.40 bits per heavy atom. The molecule has 4 aromatic carbocycles. The van der Waals surface area contributed by atoms with Crippen LogP contribution in [0.1, 0.15) is 0 Å². The van der Waals surface area contributed by atoms with Gasteiger partial charge in [-0.2, -0.15) is 5.10 Å². The van der Waals surface area contributed by atoms with E-state index in [9.17, 15) is 0 Å². The molecule has 8 aromatic rings. The lowest BCUT2D eigenvalue weighted by Crippen LogP contribution is -2.04. The van der Waals surface area contributed by atoms with Crippen LogP contribution in [0, 0.1) is 0 Å². The molecule has 40 heavy (non-hydrogen) atoms. The fraction of sp³-hybridized carbons (Fsp3) is 0.0294. The van der Waals surface area contributed by atoms with E-state index < -0.39 is 0 Å². The first-order valence-electron chi connectivity index (χ1n) is 13.3. The number of rotatable bonds is 4. The van der Waals surface area contributed by atoms with Gasteiger partial charge in [0.2, 0.25) is 0 Å². The Morgan fingerprint density at radius 3 is 2.23 bits per heavy atom. The lowest BCUT2D eigenvalue weighted by atomic mass is 10.1. The monoisotopic (exact) mass is 516 g/mol. The van der Waals surface area contributed by atoms with E-state index in [0.717, 1.165) is 56.1 Å². The molecule has 0 fully saturated rings. The number of hydrogen-bond acceptors (Lipinski definition) is 3. The third-order valence-electron chi connectivity index (χ3n) is 7.65. The zero-order valence-electron chi connectivity index (χ0n) is 21.8. The van der Waals surface area contributed by atoms with E-state index in [1.165, 1.54) is 10.8 Å². The average molecular weight is 517 g/mol. The molecule has 0 saturated heterocycles. The van der Waals surface area contributed by atoms with Gasteiger partial charge in [0.15, 0.2) is 0 Å². The fourth-order valence-electron chi connectivity index (χ4n) is 5.77. The Bertz CT molecular complexity index is 2170. The maximum atomic E-state index is 4.99. The molecule has 0 N–H and O–H groups in total. The minimum Gasteiger partial charge on any atom is -0.327 e. The molecule has 0 aliphatic carbocycles. The van der Waals surface area contributed by atoms with Gasteiger partial charge >= 0.3 is 0 Å². The molecule has 0 radical (unpaired) electrons. The van der Waals surface area contributed by atoms with Crippen LogP contribution in [0.3, 0.4) is 0 Å². The number of hydrogen-bond donors (Lipinski definition) is 0. The van der Waals surface area contributed by atoms with Crippen molar-refractivity contribution in [3.8, 4) is 34.0 Å². The summed E-state index contributed by atoms with van der Waals surface area (Å²) < 4.78 is 6.44. The van der Waals surface area contributed by atoms with Crippen molar-refractivity contribution >= 4 is 32.8 Å². The molecule has 0 aliphatic heterocycles. The van der Waals surface area contributed by atoms with E-state index in [1.54, 1.807) is 0 Å². The summed E-state index contributed by atoms with van der Waals surface area (Å²) >= 11 is 0. The largest absolute Gasteiger partial charge is 0.327 e. The molecule has 4 aromatic heterocycles. The summed E-state index contributed by atoms with van der Waals surface area (Å²) in [5, 5.41) is 6.98. The fourth-order valence-corrected chi connectivity index (χ4v) is 5.77. The predicted octanol–water partition coefficient (Wildman–Crippen LogP) is 7.59. The molecule has 0 amide bonds. The van der Waals surface area contributed by atoms with E-state index in [4.69, 9.17) is 4.98 Å². The Labute approximate surface area is 230 Å². The molecule has 0 aliphatic rings. The van der Waals surface area contributed by atoms with Crippen LogP contribution in [0.2, 0.25) is 0 Å². The van der Waals surface area contributed by atoms with Crippen molar-refractivity contribution in [2.75, 3.05) is 0 Å². The first kappa shape index (κ1) is 22.5. The van der Waals surface area contributed by atoms with Crippen molar-refractivity contribution in [3.05, 3.63) is 128 Å². The predicted molar refractivity (Wildman–Crippen MR) is 161 cm³/mol. The van der Waals surface area contributed by atoms with E-state index in [1.807, 2.05) is 53.6 Å². The summed E-state index contributed by atoms with van der Waals surface area (Å²) in [4.78, 5) is 9.62. The summed E-state index contributed by atoms with van der Waals surface area (Å²) in [6.45, 7) is 0. The Balaban J connectivity index is 1.45. The quantitative estimate of drug-likeness (QED) is 0.242. The molecule has 6 nitrogen and oxygen atoms in total. The highest BCUT2D eigenvalue weighted by molar-refractivity contribution is 6.10. The van der Waals surface area contributed by atoms with Crippen LogP contribution in [0.25, 0.3) is 66.9 Å². The van der Waals surface area contributed by atoms with Crippen molar-refractivity contribution < 1.29 is 0 Å². The summed E-state index contributed by atoms with van der Waals surface area (Å²) in [6, 6.07) is 37.9. The molecule has 0 unspecified atom stereocenters. The second kappa shape index (κ2) is 8.78. The highest BCUT2D eigenvalue weighted by Crippen LogP contribution is 2.37. The SMILES string of the molecule is Cn1c(-c2ccc3c4ccccc4n(-c4cc(-c5ccccn5)ccc4-n4cccn4)c3c2)nc2ccccc21. The third-order valence-corrected chi connectivity index (χ3v) is 7.65. The number of benzene rings is 4. The number of fused-ring (bicyclic) bond motifs is 4. The van der Waals surface area contributed by atoms with E-state index in [0.29, 0.717) is 0 Å². The topological polar surface area (TPSA) is 53.5 Å². The normalized spacial score (nSPS) is 11.6. The Hall–Kier alpha value is -5.49. The van der Waals surface area contributed by atoms with Gasteiger partial charge in [-0.1, -0.05) is 54.6 Å². The summed E-state index contributed by atoms with van der Waals surface area (Å²) in [7, 11) is 2.08. The summed E-state index contributed by atoms with van der Waals surface area (Å²) in [5.74, 6) is 0.939. The third kappa shape index (κ3) is 3.39. The van der Waals surface area contributed by atoms with Crippen LogP contribution in [0.5, 0.6) is 0 Å². The molecule has 8 rings (SSSR count). The molecule has 4 heterocycles. The van der Waals surface area contributed by atoms with Crippen molar-refractivity contribution in [2.24, 2.45) is 7.05 Å². The van der Waals surface area contributed by atoms with Gasteiger partial charge in [-0.25, -0.2) is 9.67 Å². The van der Waals surface area contributed by atoms with Crippen LogP contribution >= 0.6 is 0 Å². The maximum Gasteiger partial charge on any atom is 0.140 e. The molecular formula is C34H24N6. The summed E-state index contributed by atoms with van der Waals surface area (Å²) in [5.41, 5.74) is 9.40. The van der Waals surface area contributed by atoms with E-state index in [2.05, 4.69) is 105 Å². The van der Waals surface area contributed by atoms with Crippen LogP contribution in [0.4, 0.5) is 0 Å². The van der Waals surface area contributed by atoms with E-state index in [-0.39, 0.29) is 0 Å². The van der Waals surface area contributed by atoms with Crippen molar-refractivity contribution in [1.82, 2.24) is 28.9 Å². The molecule has 0 saturated carbocycles. The van der Waals surface area contributed by atoms with Crippen molar-refractivity contribution in [3.63, 3.8) is 0 Å². The van der Waals surface area contributed by atoms with Gasteiger partial charge in [-0.15, -0.1) is 0 Å². The Kier molecular flexibility index (Phi) is 4.94. The highest BCUT2D eigenvalue weighted by Gasteiger charge is 2.19. The lowest BCUT2D eigenvalue weighted by Gasteiger charge is -2.16. The second-order valence-corrected chi connectivity index (χ2v) is 9.94. The highest BCUT2D eigenvalue weighted by atomic mass is 15.3. The van der Waals surface area contributed by atoms with Gasteiger partial charge in [0.05, 0.1) is 39.1 Å². The lowest BCUT2D eigenvalue weighted by molar-refractivity contribution is 0.870.